The van der Waals surface area contributed by atoms with Crippen LogP contribution in [-0.2, 0) is 4.74 Å². The summed E-state index contributed by atoms with van der Waals surface area (Å²) >= 11 is 0. The lowest BCUT2D eigenvalue weighted by molar-refractivity contribution is 0.0110. The summed E-state index contributed by atoms with van der Waals surface area (Å²) in [6, 6.07) is 0.290. The van der Waals surface area contributed by atoms with Gasteiger partial charge in [0.15, 0.2) is 0 Å². The van der Waals surface area contributed by atoms with E-state index < -0.39 is 5.60 Å². The molecule has 17 heavy (non-hydrogen) atoms. The minimum absolute atomic E-state index is 0.167. The maximum atomic E-state index is 12.1. The van der Waals surface area contributed by atoms with Gasteiger partial charge in [0.05, 0.1) is 0 Å². The lowest BCUT2D eigenvalue weighted by Gasteiger charge is -2.37. The number of ether oxygens (including phenoxy) is 1. The van der Waals surface area contributed by atoms with Gasteiger partial charge < -0.3 is 15.0 Å². The van der Waals surface area contributed by atoms with E-state index in [-0.39, 0.29) is 6.09 Å². The molecule has 1 heterocycles. The SMILES string of the molecule is CCCC[C@@H]1CNCCN1C(=O)OC(C)(C)C. The Hall–Kier alpha value is -0.770. The number of rotatable bonds is 3. The van der Waals surface area contributed by atoms with Crippen LogP contribution in [-0.4, -0.2) is 42.3 Å². The Balaban J connectivity index is 2.54. The van der Waals surface area contributed by atoms with Crippen molar-refractivity contribution < 1.29 is 9.53 Å². The van der Waals surface area contributed by atoms with Gasteiger partial charge in [0, 0.05) is 25.7 Å². The predicted octanol–water partition coefficient (Wildman–Crippen LogP) is 2.39. The fraction of sp³-hybridized carbons (Fsp3) is 0.923. The molecule has 0 saturated carbocycles. The summed E-state index contributed by atoms with van der Waals surface area (Å²) in [5.41, 5.74) is -0.405. The fourth-order valence-corrected chi connectivity index (χ4v) is 2.02. The number of hydrogen-bond acceptors (Lipinski definition) is 3. The normalized spacial score (nSPS) is 21.4. The van der Waals surface area contributed by atoms with Crippen molar-refractivity contribution in [2.45, 2.75) is 58.6 Å². The molecule has 0 aromatic carbocycles. The van der Waals surface area contributed by atoms with Crippen LogP contribution in [0, 0.1) is 0 Å². The third kappa shape index (κ3) is 4.94. The van der Waals surface area contributed by atoms with Crippen LogP contribution in [0.25, 0.3) is 0 Å². The fourth-order valence-electron chi connectivity index (χ4n) is 2.02. The number of nitrogens with zero attached hydrogens (tertiary/aromatic N) is 1. The molecule has 0 radical (unpaired) electrons. The summed E-state index contributed by atoms with van der Waals surface area (Å²) in [7, 11) is 0. The molecule has 1 atom stereocenters. The molecule has 0 aliphatic carbocycles. The van der Waals surface area contributed by atoms with E-state index in [2.05, 4.69) is 12.2 Å². The summed E-state index contributed by atoms with van der Waals surface area (Å²) in [6.45, 7) is 10.4. The van der Waals surface area contributed by atoms with E-state index in [1.165, 1.54) is 6.42 Å². The number of unbranched alkanes of at least 4 members (excludes halogenated alkanes) is 1. The zero-order valence-corrected chi connectivity index (χ0v) is 11.6. The average molecular weight is 242 g/mol. The Morgan fingerprint density at radius 1 is 1.47 bits per heavy atom. The highest BCUT2D eigenvalue weighted by molar-refractivity contribution is 5.68. The average Bonchev–Trinajstić information content (AvgIpc) is 2.24. The minimum atomic E-state index is -0.405. The number of carbonyl (C=O) groups is 1. The van der Waals surface area contributed by atoms with Crippen molar-refractivity contribution in [3.8, 4) is 0 Å². The van der Waals surface area contributed by atoms with Crippen LogP contribution in [0.5, 0.6) is 0 Å². The largest absolute Gasteiger partial charge is 0.444 e. The van der Waals surface area contributed by atoms with E-state index in [1.807, 2.05) is 25.7 Å². The van der Waals surface area contributed by atoms with Crippen LogP contribution in [0.1, 0.15) is 47.0 Å². The topological polar surface area (TPSA) is 41.6 Å². The number of amides is 1. The van der Waals surface area contributed by atoms with Crippen LogP contribution in [0.4, 0.5) is 4.79 Å². The molecule has 0 aromatic heterocycles. The monoisotopic (exact) mass is 242 g/mol. The highest BCUT2D eigenvalue weighted by atomic mass is 16.6. The van der Waals surface area contributed by atoms with Crippen molar-refractivity contribution in [1.29, 1.82) is 0 Å². The molecule has 0 spiro atoms. The zero-order valence-electron chi connectivity index (χ0n) is 11.6. The molecular weight excluding hydrogens is 216 g/mol. The molecule has 4 heteroatoms. The van der Waals surface area contributed by atoms with E-state index in [1.54, 1.807) is 0 Å². The lowest BCUT2D eigenvalue weighted by atomic mass is 10.1. The first kappa shape index (κ1) is 14.3. The van der Waals surface area contributed by atoms with Gasteiger partial charge in [0.2, 0.25) is 0 Å². The van der Waals surface area contributed by atoms with Crippen LogP contribution in [0.2, 0.25) is 0 Å². The van der Waals surface area contributed by atoms with Crippen LogP contribution in [0.15, 0.2) is 0 Å². The molecule has 0 aromatic rings. The molecule has 100 valence electrons. The van der Waals surface area contributed by atoms with Crippen molar-refractivity contribution in [1.82, 2.24) is 10.2 Å². The molecule has 1 N–H and O–H groups in total. The Kier molecular flexibility index (Phi) is 5.25. The second-order valence-electron chi connectivity index (χ2n) is 5.67. The highest BCUT2D eigenvalue weighted by Crippen LogP contribution is 2.16. The molecule has 1 rings (SSSR count). The maximum Gasteiger partial charge on any atom is 0.410 e. The first-order valence-corrected chi connectivity index (χ1v) is 6.64. The number of hydrogen-bond donors (Lipinski definition) is 1. The van der Waals surface area contributed by atoms with Gasteiger partial charge in [-0.2, -0.15) is 0 Å². The highest BCUT2D eigenvalue weighted by Gasteiger charge is 2.29. The lowest BCUT2D eigenvalue weighted by Crippen LogP contribution is -2.54. The van der Waals surface area contributed by atoms with E-state index in [0.29, 0.717) is 6.04 Å². The minimum Gasteiger partial charge on any atom is -0.444 e. The van der Waals surface area contributed by atoms with Gasteiger partial charge in [-0.1, -0.05) is 19.8 Å². The summed E-state index contributed by atoms with van der Waals surface area (Å²) < 4.78 is 5.45. The predicted molar refractivity (Wildman–Crippen MR) is 69.1 cm³/mol. The van der Waals surface area contributed by atoms with Crippen molar-refractivity contribution in [3.63, 3.8) is 0 Å². The van der Waals surface area contributed by atoms with Gasteiger partial charge in [-0.05, 0) is 27.2 Å². The van der Waals surface area contributed by atoms with Crippen molar-refractivity contribution in [2.75, 3.05) is 19.6 Å². The summed E-state index contributed by atoms with van der Waals surface area (Å²) in [4.78, 5) is 13.9. The van der Waals surface area contributed by atoms with Crippen molar-refractivity contribution in [3.05, 3.63) is 0 Å². The summed E-state index contributed by atoms with van der Waals surface area (Å²) in [5, 5.41) is 3.34. The standard InChI is InChI=1S/C13H26N2O2/c1-5-6-7-11-10-14-8-9-15(11)12(16)17-13(2,3)4/h11,14H,5-10H2,1-4H3/t11-/m1/s1. The molecule has 1 fully saturated rings. The van der Waals surface area contributed by atoms with Gasteiger partial charge in [-0.3, -0.25) is 0 Å². The molecule has 4 nitrogen and oxygen atoms in total. The number of carbonyl (C=O) groups excluding carboxylic acids is 1. The molecule has 1 saturated heterocycles. The second-order valence-corrected chi connectivity index (χ2v) is 5.67. The van der Waals surface area contributed by atoms with E-state index in [4.69, 9.17) is 4.74 Å². The van der Waals surface area contributed by atoms with Gasteiger partial charge in [-0.25, -0.2) is 4.79 Å². The number of nitrogens with one attached hydrogen (secondary N) is 1. The molecule has 1 aliphatic rings. The van der Waals surface area contributed by atoms with Crippen molar-refractivity contribution >= 4 is 6.09 Å². The maximum absolute atomic E-state index is 12.1. The molecule has 0 bridgehead atoms. The Labute approximate surface area is 105 Å². The molecule has 1 aliphatic heterocycles. The van der Waals surface area contributed by atoms with E-state index in [9.17, 15) is 4.79 Å². The van der Waals surface area contributed by atoms with Gasteiger partial charge >= 0.3 is 6.09 Å². The smallest absolute Gasteiger partial charge is 0.410 e. The van der Waals surface area contributed by atoms with E-state index in [0.717, 1.165) is 32.5 Å². The Morgan fingerprint density at radius 2 is 2.18 bits per heavy atom. The Bertz CT molecular complexity index is 248. The van der Waals surface area contributed by atoms with Crippen LogP contribution < -0.4 is 5.32 Å². The van der Waals surface area contributed by atoms with E-state index >= 15 is 0 Å². The quantitative estimate of drug-likeness (QED) is 0.826. The molecular formula is C13H26N2O2. The first-order chi connectivity index (χ1) is 7.94. The third-order valence-corrected chi connectivity index (χ3v) is 2.87. The van der Waals surface area contributed by atoms with Gasteiger partial charge in [0.1, 0.15) is 5.60 Å². The number of piperazine rings is 1. The Morgan fingerprint density at radius 3 is 2.76 bits per heavy atom. The summed E-state index contributed by atoms with van der Waals surface area (Å²) in [6.07, 6.45) is 3.22. The van der Waals surface area contributed by atoms with Crippen molar-refractivity contribution in [2.24, 2.45) is 0 Å². The molecule has 0 unspecified atom stereocenters. The zero-order chi connectivity index (χ0) is 12.9. The first-order valence-electron chi connectivity index (χ1n) is 6.64. The third-order valence-electron chi connectivity index (χ3n) is 2.87. The van der Waals surface area contributed by atoms with Gasteiger partial charge in [-0.15, -0.1) is 0 Å². The summed E-state index contributed by atoms with van der Waals surface area (Å²) in [5.74, 6) is 0. The van der Waals surface area contributed by atoms with Gasteiger partial charge in [0.25, 0.3) is 0 Å². The van der Waals surface area contributed by atoms with Crippen LogP contribution in [0.3, 0.4) is 0 Å². The van der Waals surface area contributed by atoms with Crippen LogP contribution >= 0.6 is 0 Å². The molecule has 1 amide bonds. The second kappa shape index (κ2) is 6.24.